The van der Waals surface area contributed by atoms with Gasteiger partial charge >= 0.3 is 0 Å². The smallest absolute Gasteiger partial charge is 0.243 e. The number of hydroxylamine groups is 1. The normalized spacial score (nSPS) is 11.9. The van der Waals surface area contributed by atoms with Gasteiger partial charge in [-0.1, -0.05) is 55.0 Å². The Morgan fingerprint density at radius 3 is 2.61 bits per heavy atom. The molecule has 3 aromatic rings. The summed E-state index contributed by atoms with van der Waals surface area (Å²) in [5.41, 5.74) is 11.6. The lowest BCUT2D eigenvalue weighted by Gasteiger charge is -2.12. The minimum absolute atomic E-state index is 0.138. The molecule has 7 nitrogen and oxygen atoms in total. The predicted octanol–water partition coefficient (Wildman–Crippen LogP) is 2.96. The molecule has 164 valence electrons. The predicted molar refractivity (Wildman–Crippen MR) is 121 cm³/mol. The van der Waals surface area contributed by atoms with E-state index in [1.165, 1.54) is 0 Å². The number of unbranched alkanes of at least 4 members (excludes halogenated alkanes) is 2. The second-order valence-corrected chi connectivity index (χ2v) is 7.57. The van der Waals surface area contributed by atoms with Gasteiger partial charge in [0.1, 0.15) is 0 Å². The average molecular weight is 423 g/mol. The number of benzene rings is 2. The molecule has 2 amide bonds. The quantitative estimate of drug-likeness (QED) is 0.266. The van der Waals surface area contributed by atoms with E-state index in [-0.39, 0.29) is 11.8 Å². The van der Waals surface area contributed by atoms with Crippen LogP contribution < -0.4 is 16.5 Å². The van der Waals surface area contributed by atoms with E-state index in [0.717, 1.165) is 41.3 Å². The second kappa shape index (κ2) is 11.9. The van der Waals surface area contributed by atoms with Crippen molar-refractivity contribution in [3.05, 3.63) is 71.9 Å². The van der Waals surface area contributed by atoms with Gasteiger partial charge in [-0.2, -0.15) is 0 Å². The first-order valence-electron chi connectivity index (χ1n) is 10.7. The zero-order valence-electron chi connectivity index (χ0n) is 17.6. The van der Waals surface area contributed by atoms with Crippen molar-refractivity contribution >= 4 is 22.7 Å². The van der Waals surface area contributed by atoms with Gasteiger partial charge in [0.15, 0.2) is 0 Å². The number of aromatic amines is 1. The van der Waals surface area contributed by atoms with Crippen molar-refractivity contribution in [1.82, 2.24) is 15.8 Å². The molecule has 1 heterocycles. The molecule has 0 aliphatic rings. The van der Waals surface area contributed by atoms with E-state index in [1.54, 1.807) is 0 Å². The van der Waals surface area contributed by atoms with E-state index in [1.807, 2.05) is 60.8 Å². The Hall–Kier alpha value is -3.16. The Morgan fingerprint density at radius 1 is 1.00 bits per heavy atom. The van der Waals surface area contributed by atoms with Gasteiger partial charge in [-0.3, -0.25) is 14.4 Å². The Kier molecular flexibility index (Phi) is 8.63. The highest BCUT2D eigenvalue weighted by Gasteiger charge is 2.15. The molecule has 1 aromatic heterocycles. The first kappa shape index (κ1) is 22.5. The number of rotatable bonds is 12. The van der Waals surface area contributed by atoms with Gasteiger partial charge in [-0.05, 0) is 36.5 Å². The van der Waals surface area contributed by atoms with Crippen molar-refractivity contribution in [2.45, 2.75) is 44.8 Å². The number of amides is 2. The van der Waals surface area contributed by atoms with Crippen LogP contribution in [-0.4, -0.2) is 29.4 Å². The van der Waals surface area contributed by atoms with Gasteiger partial charge in [0.2, 0.25) is 11.8 Å². The summed E-state index contributed by atoms with van der Waals surface area (Å²) in [6.07, 6.45) is 5.15. The van der Waals surface area contributed by atoms with E-state index < -0.39 is 6.04 Å². The molecule has 31 heavy (non-hydrogen) atoms. The third-order valence-corrected chi connectivity index (χ3v) is 5.10. The van der Waals surface area contributed by atoms with Gasteiger partial charge in [0.05, 0.1) is 12.6 Å². The fourth-order valence-electron chi connectivity index (χ4n) is 3.39. The summed E-state index contributed by atoms with van der Waals surface area (Å²) < 4.78 is 0. The van der Waals surface area contributed by atoms with Crippen LogP contribution >= 0.6 is 0 Å². The van der Waals surface area contributed by atoms with Crippen molar-refractivity contribution in [3.63, 3.8) is 0 Å². The minimum Gasteiger partial charge on any atom is -0.361 e. The van der Waals surface area contributed by atoms with E-state index >= 15 is 0 Å². The number of nitrogens with two attached hydrogens (primary N) is 1. The molecule has 0 fully saturated rings. The maximum atomic E-state index is 12.3. The zero-order chi connectivity index (χ0) is 21.9. The molecule has 3 rings (SSSR count). The van der Waals surface area contributed by atoms with E-state index in [4.69, 9.17) is 10.6 Å². The number of carbonyl (C=O) groups excluding carboxylic acids is 2. The highest BCUT2D eigenvalue weighted by atomic mass is 16.6. The number of para-hydroxylation sites is 1. The number of hydrogen-bond acceptors (Lipinski definition) is 4. The molecule has 7 heteroatoms. The second-order valence-electron chi connectivity index (χ2n) is 7.57. The standard InChI is InChI=1S/C24H30N4O3/c25-21(15-19-16-27-22-12-7-6-11-20(19)22)24(30)26-14-8-2-5-13-23(29)28-31-17-18-9-3-1-4-10-18/h1,3-4,6-7,9-12,16,21,27H,2,5,8,13-15,17,25H2,(H,26,30)(H,28,29). The van der Waals surface area contributed by atoms with Crippen LogP contribution in [0.1, 0.15) is 36.8 Å². The molecular weight excluding hydrogens is 392 g/mol. The highest BCUT2D eigenvalue weighted by molar-refractivity contribution is 5.86. The fraction of sp³-hybridized carbons (Fsp3) is 0.333. The lowest BCUT2D eigenvalue weighted by molar-refractivity contribution is -0.134. The van der Waals surface area contributed by atoms with Crippen molar-refractivity contribution < 1.29 is 14.4 Å². The van der Waals surface area contributed by atoms with Gasteiger partial charge in [0.25, 0.3) is 0 Å². The average Bonchev–Trinajstić information content (AvgIpc) is 3.19. The van der Waals surface area contributed by atoms with Crippen LogP contribution in [0, 0.1) is 0 Å². The lowest BCUT2D eigenvalue weighted by atomic mass is 10.1. The molecule has 0 aliphatic carbocycles. The summed E-state index contributed by atoms with van der Waals surface area (Å²) in [4.78, 5) is 32.5. The van der Waals surface area contributed by atoms with E-state index in [9.17, 15) is 9.59 Å². The van der Waals surface area contributed by atoms with Crippen LogP contribution in [0.2, 0.25) is 0 Å². The van der Waals surface area contributed by atoms with Crippen LogP contribution in [0.3, 0.4) is 0 Å². The van der Waals surface area contributed by atoms with Crippen molar-refractivity contribution in [3.8, 4) is 0 Å². The molecule has 0 aliphatic heterocycles. The van der Waals surface area contributed by atoms with E-state index in [0.29, 0.717) is 26.0 Å². The first-order valence-corrected chi connectivity index (χ1v) is 10.7. The SMILES string of the molecule is NC(Cc1c[nH]c2ccccc12)C(=O)NCCCCCC(=O)NOCc1ccccc1. The first-order chi connectivity index (χ1) is 15.1. The molecule has 0 spiro atoms. The molecule has 1 atom stereocenters. The summed E-state index contributed by atoms with van der Waals surface area (Å²) in [5.74, 6) is -0.293. The monoisotopic (exact) mass is 422 g/mol. The van der Waals surface area contributed by atoms with Crippen LogP contribution in [0.4, 0.5) is 0 Å². The molecular formula is C24H30N4O3. The molecule has 2 aromatic carbocycles. The topological polar surface area (TPSA) is 109 Å². The third-order valence-electron chi connectivity index (χ3n) is 5.10. The molecule has 0 bridgehead atoms. The largest absolute Gasteiger partial charge is 0.361 e. The molecule has 0 saturated heterocycles. The summed E-state index contributed by atoms with van der Waals surface area (Å²) in [5, 5.41) is 3.98. The molecule has 1 unspecified atom stereocenters. The summed E-state index contributed by atoms with van der Waals surface area (Å²) >= 11 is 0. The number of aromatic nitrogens is 1. The number of fused-ring (bicyclic) bond motifs is 1. The van der Waals surface area contributed by atoms with Crippen molar-refractivity contribution in [2.75, 3.05) is 6.54 Å². The summed E-state index contributed by atoms with van der Waals surface area (Å²) in [6, 6.07) is 17.0. The molecule has 0 saturated carbocycles. The van der Waals surface area contributed by atoms with Gasteiger partial charge in [-0.25, -0.2) is 5.48 Å². The van der Waals surface area contributed by atoms with E-state index in [2.05, 4.69) is 15.8 Å². The third kappa shape index (κ3) is 7.24. The van der Waals surface area contributed by atoms with Crippen LogP contribution in [0.15, 0.2) is 60.8 Å². The van der Waals surface area contributed by atoms with Gasteiger partial charge in [-0.15, -0.1) is 0 Å². The lowest BCUT2D eigenvalue weighted by Crippen LogP contribution is -2.42. The molecule has 5 N–H and O–H groups in total. The molecule has 0 radical (unpaired) electrons. The zero-order valence-corrected chi connectivity index (χ0v) is 17.6. The van der Waals surface area contributed by atoms with Crippen LogP contribution in [0.25, 0.3) is 10.9 Å². The van der Waals surface area contributed by atoms with Gasteiger partial charge in [0, 0.05) is 30.1 Å². The Balaban J connectivity index is 1.24. The fourth-order valence-corrected chi connectivity index (χ4v) is 3.39. The maximum absolute atomic E-state index is 12.3. The van der Waals surface area contributed by atoms with Crippen molar-refractivity contribution in [2.24, 2.45) is 5.73 Å². The van der Waals surface area contributed by atoms with Crippen LogP contribution in [-0.2, 0) is 27.5 Å². The van der Waals surface area contributed by atoms with Crippen LogP contribution in [0.5, 0.6) is 0 Å². The Bertz CT molecular complexity index is 971. The number of carbonyl (C=O) groups is 2. The summed E-state index contributed by atoms with van der Waals surface area (Å²) in [6.45, 7) is 0.893. The highest BCUT2D eigenvalue weighted by Crippen LogP contribution is 2.18. The summed E-state index contributed by atoms with van der Waals surface area (Å²) in [7, 11) is 0. The van der Waals surface area contributed by atoms with Crippen molar-refractivity contribution in [1.29, 1.82) is 0 Å². The maximum Gasteiger partial charge on any atom is 0.243 e. The number of hydrogen-bond donors (Lipinski definition) is 4. The van der Waals surface area contributed by atoms with Gasteiger partial charge < -0.3 is 16.0 Å². The number of H-pyrrole nitrogens is 1. The Labute approximate surface area is 182 Å². The minimum atomic E-state index is -0.591. The number of nitrogens with one attached hydrogen (secondary N) is 3. The Morgan fingerprint density at radius 2 is 1.77 bits per heavy atom.